The van der Waals surface area contributed by atoms with E-state index in [1.807, 2.05) is 13.8 Å². The summed E-state index contributed by atoms with van der Waals surface area (Å²) in [7, 11) is 0. The fourth-order valence-electron chi connectivity index (χ4n) is 2.74. The summed E-state index contributed by atoms with van der Waals surface area (Å²) >= 11 is 12.4. The smallest absolute Gasteiger partial charge is 0.256 e. The molecule has 0 fully saturated rings. The van der Waals surface area contributed by atoms with Crippen molar-refractivity contribution in [2.75, 3.05) is 6.54 Å². The Morgan fingerprint density at radius 3 is 2.57 bits per heavy atom. The maximum absolute atomic E-state index is 12.7. The van der Waals surface area contributed by atoms with Crippen LogP contribution in [0, 0.1) is 11.3 Å². The molecular weight excluding hydrogens is 339 g/mol. The molecule has 1 aromatic rings. The van der Waals surface area contributed by atoms with Crippen LogP contribution in [0.3, 0.4) is 0 Å². The molecule has 0 saturated heterocycles. The van der Waals surface area contributed by atoms with Gasteiger partial charge in [-0.25, -0.2) is 0 Å². The largest absolute Gasteiger partial charge is 0.370 e. The fraction of sp³-hybridized carbons (Fsp3) is 0.400. The summed E-state index contributed by atoms with van der Waals surface area (Å²) in [6.07, 6.45) is -0.0366. The number of fused-ring (bicyclic) bond motifs is 1. The summed E-state index contributed by atoms with van der Waals surface area (Å²) in [5.41, 5.74) is 6.09. The van der Waals surface area contributed by atoms with E-state index in [1.165, 1.54) is 0 Å². The maximum atomic E-state index is 12.7. The second-order valence-corrected chi connectivity index (χ2v) is 6.67. The number of nitrogens with one attached hydrogen (secondary N) is 2. The third-order valence-electron chi connectivity index (χ3n) is 3.54. The minimum absolute atomic E-state index is 0.0366. The molecule has 1 aromatic carbocycles. The van der Waals surface area contributed by atoms with E-state index in [0.29, 0.717) is 27.7 Å². The average molecular weight is 357 g/mol. The zero-order valence-electron chi connectivity index (χ0n) is 12.8. The van der Waals surface area contributed by atoms with Gasteiger partial charge in [-0.1, -0.05) is 37.0 Å². The first-order valence-corrected chi connectivity index (χ1v) is 7.90. The SMILES string of the molecule is CC(C)CN1C(=O)c2c(Cl)ccc(Cl)c2C1CC(=O)NC(=N)N. The molecule has 1 aliphatic heterocycles. The summed E-state index contributed by atoms with van der Waals surface area (Å²) in [4.78, 5) is 26.3. The molecule has 8 heteroatoms. The van der Waals surface area contributed by atoms with Gasteiger partial charge in [0.05, 0.1) is 23.0 Å². The highest BCUT2D eigenvalue weighted by molar-refractivity contribution is 6.37. The third-order valence-corrected chi connectivity index (χ3v) is 4.18. The number of carbonyl (C=O) groups is 2. The average Bonchev–Trinajstić information content (AvgIpc) is 2.68. The molecular formula is C15H18Cl2N4O2. The summed E-state index contributed by atoms with van der Waals surface area (Å²) in [6, 6.07) is 2.67. The van der Waals surface area contributed by atoms with E-state index in [-0.39, 0.29) is 18.2 Å². The highest BCUT2D eigenvalue weighted by atomic mass is 35.5. The van der Waals surface area contributed by atoms with E-state index in [4.69, 9.17) is 34.3 Å². The van der Waals surface area contributed by atoms with Crippen LogP contribution in [0.2, 0.25) is 10.0 Å². The van der Waals surface area contributed by atoms with Crippen LogP contribution in [0.1, 0.15) is 42.2 Å². The van der Waals surface area contributed by atoms with Gasteiger partial charge in [-0.15, -0.1) is 0 Å². The first-order valence-electron chi connectivity index (χ1n) is 7.15. The monoisotopic (exact) mass is 356 g/mol. The van der Waals surface area contributed by atoms with Crippen LogP contribution in [0.5, 0.6) is 0 Å². The lowest BCUT2D eigenvalue weighted by molar-refractivity contribution is -0.120. The molecule has 0 aromatic heterocycles. The maximum Gasteiger partial charge on any atom is 0.256 e. The summed E-state index contributed by atoms with van der Waals surface area (Å²) in [5.74, 6) is -0.911. The zero-order valence-corrected chi connectivity index (χ0v) is 14.3. The van der Waals surface area contributed by atoms with Crippen LogP contribution >= 0.6 is 23.2 Å². The van der Waals surface area contributed by atoms with E-state index in [2.05, 4.69) is 5.32 Å². The van der Waals surface area contributed by atoms with Crippen molar-refractivity contribution < 1.29 is 9.59 Å². The second kappa shape index (κ2) is 6.76. The second-order valence-electron chi connectivity index (χ2n) is 5.85. The van der Waals surface area contributed by atoms with Crippen molar-refractivity contribution in [1.29, 1.82) is 5.41 Å². The molecule has 0 radical (unpaired) electrons. The lowest BCUT2D eigenvalue weighted by Crippen LogP contribution is -2.39. The van der Waals surface area contributed by atoms with Crippen LogP contribution < -0.4 is 11.1 Å². The number of hydrogen-bond donors (Lipinski definition) is 3. The zero-order chi connectivity index (χ0) is 17.3. The van der Waals surface area contributed by atoms with Crippen molar-refractivity contribution >= 4 is 41.0 Å². The van der Waals surface area contributed by atoms with Crippen LogP contribution in [-0.2, 0) is 4.79 Å². The van der Waals surface area contributed by atoms with Crippen molar-refractivity contribution in [2.24, 2.45) is 11.7 Å². The van der Waals surface area contributed by atoms with Crippen molar-refractivity contribution in [1.82, 2.24) is 10.2 Å². The number of benzene rings is 1. The molecule has 0 aliphatic carbocycles. The Labute approximate surface area is 144 Å². The Hall–Kier alpha value is -1.79. The molecule has 23 heavy (non-hydrogen) atoms. The van der Waals surface area contributed by atoms with Gasteiger partial charge >= 0.3 is 0 Å². The normalized spacial score (nSPS) is 16.7. The van der Waals surface area contributed by atoms with E-state index >= 15 is 0 Å². The molecule has 2 rings (SSSR count). The van der Waals surface area contributed by atoms with Gasteiger partial charge in [0.1, 0.15) is 0 Å². The van der Waals surface area contributed by atoms with Crippen molar-refractivity contribution in [3.8, 4) is 0 Å². The predicted molar refractivity (Wildman–Crippen MR) is 89.8 cm³/mol. The Morgan fingerprint density at radius 2 is 2.00 bits per heavy atom. The highest BCUT2D eigenvalue weighted by Crippen LogP contribution is 2.43. The molecule has 1 heterocycles. The number of hydrogen-bond acceptors (Lipinski definition) is 3. The van der Waals surface area contributed by atoms with E-state index < -0.39 is 17.9 Å². The molecule has 1 aliphatic rings. The van der Waals surface area contributed by atoms with Gasteiger partial charge in [0.15, 0.2) is 5.96 Å². The first-order chi connectivity index (χ1) is 10.7. The van der Waals surface area contributed by atoms with Crippen molar-refractivity contribution in [2.45, 2.75) is 26.3 Å². The van der Waals surface area contributed by atoms with E-state index in [0.717, 1.165) is 0 Å². The van der Waals surface area contributed by atoms with Gasteiger partial charge < -0.3 is 10.6 Å². The number of rotatable bonds is 4. The minimum Gasteiger partial charge on any atom is -0.370 e. The molecule has 1 atom stereocenters. The Balaban J connectivity index is 2.43. The Kier molecular flexibility index (Phi) is 5.16. The third kappa shape index (κ3) is 3.59. The van der Waals surface area contributed by atoms with Crippen LogP contribution in [0.25, 0.3) is 0 Å². The van der Waals surface area contributed by atoms with Crippen LogP contribution in [-0.4, -0.2) is 29.2 Å². The van der Waals surface area contributed by atoms with Crippen molar-refractivity contribution in [3.63, 3.8) is 0 Å². The molecule has 0 spiro atoms. The number of nitrogens with two attached hydrogens (primary N) is 1. The van der Waals surface area contributed by atoms with Gasteiger partial charge in [0.25, 0.3) is 5.91 Å². The lowest BCUT2D eigenvalue weighted by atomic mass is 10.0. The Bertz CT molecular complexity index is 676. The summed E-state index contributed by atoms with van der Waals surface area (Å²) in [5, 5.41) is 10.1. The number of guanidine groups is 1. The molecule has 6 nitrogen and oxygen atoms in total. The molecule has 0 bridgehead atoms. The topological polar surface area (TPSA) is 99.3 Å². The van der Waals surface area contributed by atoms with Crippen molar-refractivity contribution in [3.05, 3.63) is 33.3 Å². The predicted octanol–water partition coefficient (Wildman–Crippen LogP) is 2.55. The molecule has 4 N–H and O–H groups in total. The first kappa shape index (κ1) is 17.6. The Morgan fingerprint density at radius 1 is 1.39 bits per heavy atom. The standard InChI is InChI=1S/C15H18Cl2N4O2/c1-7(2)6-21-10(5-11(22)20-15(18)19)12-8(16)3-4-9(17)13(12)14(21)23/h3-4,7,10H,5-6H2,1-2H3,(H4,18,19,20,22). The van der Waals surface area contributed by atoms with Crippen LogP contribution in [0.15, 0.2) is 12.1 Å². The molecule has 0 saturated carbocycles. The minimum atomic E-state index is -0.523. The number of halogens is 2. The van der Waals surface area contributed by atoms with Crippen LogP contribution in [0.4, 0.5) is 0 Å². The molecule has 124 valence electrons. The summed E-state index contributed by atoms with van der Waals surface area (Å²) in [6.45, 7) is 4.43. The van der Waals surface area contributed by atoms with E-state index in [1.54, 1.807) is 17.0 Å². The van der Waals surface area contributed by atoms with Gasteiger partial charge in [-0.2, -0.15) is 0 Å². The fourth-order valence-corrected chi connectivity index (χ4v) is 3.27. The molecule has 1 unspecified atom stereocenters. The number of amides is 2. The number of nitrogens with zero attached hydrogens (tertiary/aromatic N) is 1. The quantitative estimate of drug-likeness (QED) is 0.570. The van der Waals surface area contributed by atoms with E-state index in [9.17, 15) is 9.59 Å². The number of carbonyl (C=O) groups excluding carboxylic acids is 2. The van der Waals surface area contributed by atoms with Gasteiger partial charge in [-0.05, 0) is 18.1 Å². The summed E-state index contributed by atoms with van der Waals surface area (Å²) < 4.78 is 0. The molecule has 2 amide bonds. The lowest BCUT2D eigenvalue weighted by Gasteiger charge is -2.27. The van der Waals surface area contributed by atoms with Gasteiger partial charge in [-0.3, -0.25) is 20.3 Å². The van der Waals surface area contributed by atoms with Gasteiger partial charge in [0.2, 0.25) is 5.91 Å². The highest BCUT2D eigenvalue weighted by Gasteiger charge is 2.41. The van der Waals surface area contributed by atoms with Gasteiger partial charge in [0, 0.05) is 17.1 Å².